The number of nitrogens with zero attached hydrogens (tertiary/aromatic N) is 19. The van der Waals surface area contributed by atoms with E-state index in [1.807, 2.05) is 189 Å². The molecule has 0 aliphatic carbocycles. The first kappa shape index (κ1) is 136. The second-order valence-electron chi connectivity index (χ2n) is 51.3. The highest BCUT2D eigenvalue weighted by molar-refractivity contribution is 7.05. The Balaban J connectivity index is 0.000000804. The number of rotatable bonds is 0. The summed E-state index contributed by atoms with van der Waals surface area (Å²) in [5.74, 6) is 0.565. The molecule has 0 N–H and O–H groups in total. The normalized spacial score (nSPS) is 11.6. The third-order valence-electron chi connectivity index (χ3n) is 21.4. The van der Waals surface area contributed by atoms with Crippen LogP contribution in [0.5, 0.6) is 0 Å². The highest BCUT2D eigenvalue weighted by atomic mass is 32.1. The largest absolute Gasteiger partial charge is 0.265 e. The molecular weight excluding hydrogens is 1890 g/mol. The van der Waals surface area contributed by atoms with E-state index in [1.165, 1.54) is 62.1 Å². The van der Waals surface area contributed by atoms with Gasteiger partial charge >= 0.3 is 0 Å². The summed E-state index contributed by atoms with van der Waals surface area (Å²) in [6.45, 7) is 96.2. The molecule has 150 heavy (non-hydrogen) atoms. The summed E-state index contributed by atoms with van der Waals surface area (Å²) in [7, 11) is 0. The molecule has 814 valence electrons. The molecule has 0 aliphatic rings. The number of pyridine rings is 7. The van der Waals surface area contributed by atoms with Gasteiger partial charge in [0.1, 0.15) is 30.1 Å². The van der Waals surface area contributed by atoms with Crippen molar-refractivity contribution in [3.63, 3.8) is 0 Å². The first-order valence-corrected chi connectivity index (χ1v) is 53.0. The van der Waals surface area contributed by atoms with E-state index in [-0.39, 0.29) is 92.9 Å². The summed E-state index contributed by atoms with van der Waals surface area (Å²) < 4.78 is 34.2. The molecule has 14 aromatic heterocycles. The van der Waals surface area contributed by atoms with Gasteiger partial charge in [-0.25, -0.2) is 47.4 Å². The molecule has 0 amide bonds. The van der Waals surface area contributed by atoms with E-state index in [4.69, 9.17) is 0 Å². The summed E-state index contributed by atoms with van der Waals surface area (Å²) in [4.78, 5) is 61.9. The van der Waals surface area contributed by atoms with E-state index in [0.717, 1.165) is 39.9 Å². The third kappa shape index (κ3) is 60.6. The zero-order valence-electron chi connectivity index (χ0n) is 99.9. The Hall–Kier alpha value is -12.2. The van der Waals surface area contributed by atoms with Crippen LogP contribution in [0, 0.1) is 11.6 Å². The van der Waals surface area contributed by atoms with Crippen LogP contribution in [0.3, 0.4) is 0 Å². The summed E-state index contributed by atoms with van der Waals surface area (Å²) in [5, 5.41) is 9.90. The Morgan fingerprint density at radius 3 is 0.807 bits per heavy atom. The van der Waals surface area contributed by atoms with Crippen LogP contribution in [0.2, 0.25) is 0 Å². The molecule has 15 rings (SSSR count). The van der Waals surface area contributed by atoms with Gasteiger partial charge in [0.15, 0.2) is 0 Å². The van der Waals surface area contributed by atoms with Gasteiger partial charge in [0.25, 0.3) is 0 Å². The van der Waals surface area contributed by atoms with Crippen LogP contribution < -0.4 is 0 Å². The van der Waals surface area contributed by atoms with Gasteiger partial charge in [0, 0.05) is 196 Å². The molecule has 0 radical (unpaired) electrons. The fourth-order valence-electron chi connectivity index (χ4n) is 11.7. The van der Waals surface area contributed by atoms with Gasteiger partial charge in [-0.05, 0) is 219 Å². The molecule has 0 saturated heterocycles. The summed E-state index contributed by atoms with van der Waals surface area (Å²) in [5.41, 5.74) is 17.0. The highest BCUT2D eigenvalue weighted by Gasteiger charge is 2.24. The smallest absolute Gasteiger partial charge is 0.145 e. The SMILES string of the molecule is CC(C)(C)c1ccccc1F.CC(C)(C)c1ccccn1.CC(C)(C)c1ccccn1.CC(C)(C)c1cccnc1.CC(C)(C)c1cccnc1.CC(C)(C)c1cccnn1.CC(C)(C)c1ccncc1.CC(C)(C)c1ccncc1.CC(C)(C)c1ccncc1F.CC(C)(C)c1ccncn1.CC(C)(C)c1ccns1.CC(C)(C)c1cnccn1.CC(C)(C)c1cncnc1.CC(C)(C)c1cnsc1.CC(C)(C)c1ncccn1. The average Bonchev–Trinajstić information content (AvgIpc) is 0.953. The topological polar surface area (TPSA) is 245 Å². The van der Waals surface area contributed by atoms with E-state index >= 15 is 0 Å². The third-order valence-corrected chi connectivity index (χ3v) is 23.2. The maximum absolute atomic E-state index is 13.1. The van der Waals surface area contributed by atoms with Crippen molar-refractivity contribution in [2.24, 2.45) is 0 Å². The molecule has 0 saturated carbocycles. The van der Waals surface area contributed by atoms with E-state index in [2.05, 4.69) is 424 Å². The Kier molecular flexibility index (Phi) is 57.2. The quantitative estimate of drug-likeness (QED) is 0.137. The molecule has 15 aromatic rings. The molecule has 23 heteroatoms. The minimum absolute atomic E-state index is 0.0707. The summed E-state index contributed by atoms with van der Waals surface area (Å²) >= 11 is 3.10. The summed E-state index contributed by atoms with van der Waals surface area (Å²) in [6, 6.07) is 46.8. The lowest BCUT2D eigenvalue weighted by Gasteiger charge is -2.19. The van der Waals surface area contributed by atoms with Gasteiger partial charge in [-0.15, -0.1) is 0 Å². The summed E-state index contributed by atoms with van der Waals surface area (Å²) in [6.07, 6.45) is 44.2. The first-order valence-electron chi connectivity index (χ1n) is 51.4. The van der Waals surface area contributed by atoms with Crippen LogP contribution in [-0.4, -0.2) is 93.7 Å². The highest BCUT2D eigenvalue weighted by Crippen LogP contribution is 2.31. The number of halogens is 2. The first-order chi connectivity index (χ1) is 68.9. The lowest BCUT2D eigenvalue weighted by atomic mass is 9.87. The average molecular weight is 2080 g/mol. The Bertz CT molecular complexity index is 4880. The van der Waals surface area contributed by atoms with Gasteiger partial charge in [-0.1, -0.05) is 354 Å². The van der Waals surface area contributed by atoms with E-state index in [1.54, 1.807) is 98.3 Å². The molecule has 0 spiro atoms. The van der Waals surface area contributed by atoms with Crippen molar-refractivity contribution in [3.8, 4) is 0 Å². The van der Waals surface area contributed by atoms with Crippen LogP contribution in [-0.2, 0) is 81.2 Å². The maximum Gasteiger partial charge on any atom is 0.145 e. The Morgan fingerprint density at radius 1 is 0.193 bits per heavy atom. The van der Waals surface area contributed by atoms with Crippen molar-refractivity contribution in [2.75, 3.05) is 0 Å². The second-order valence-corrected chi connectivity index (χ2v) is 52.7. The van der Waals surface area contributed by atoms with Crippen molar-refractivity contribution >= 4 is 23.1 Å². The predicted molar refractivity (Wildman–Crippen MR) is 631 cm³/mol. The van der Waals surface area contributed by atoms with Crippen LogP contribution in [0.4, 0.5) is 8.78 Å². The maximum atomic E-state index is 13.1. The number of hydrogen-bond acceptors (Lipinski definition) is 21. The van der Waals surface area contributed by atoms with Gasteiger partial charge in [0.05, 0.1) is 17.6 Å². The second kappa shape index (κ2) is 63.2. The monoisotopic (exact) mass is 2080 g/mol. The van der Waals surface area contributed by atoms with E-state index in [9.17, 15) is 8.78 Å². The van der Waals surface area contributed by atoms with Crippen LogP contribution in [0.15, 0.2) is 306 Å². The number of aromatic nitrogens is 19. The van der Waals surface area contributed by atoms with Gasteiger partial charge in [-0.3, -0.25) is 44.9 Å². The van der Waals surface area contributed by atoms with E-state index < -0.39 is 0 Å². The van der Waals surface area contributed by atoms with Crippen molar-refractivity contribution in [3.05, 3.63) is 401 Å². The molecule has 0 unspecified atom stereocenters. The van der Waals surface area contributed by atoms with Crippen molar-refractivity contribution < 1.29 is 8.78 Å². The molecule has 0 bridgehead atoms. The predicted octanol–water partition coefficient (Wildman–Crippen LogP) is 33.7. The zero-order valence-corrected chi connectivity index (χ0v) is 102. The minimum atomic E-state index is -0.222. The molecule has 0 atom stereocenters. The lowest BCUT2D eigenvalue weighted by Crippen LogP contribution is -2.14. The van der Waals surface area contributed by atoms with Crippen molar-refractivity contribution in [1.82, 2.24) is 93.7 Å². The fraction of sp³-hybridized carbons (Fsp3) is 0.472. The fourth-order valence-corrected chi connectivity index (χ4v) is 13.0. The van der Waals surface area contributed by atoms with Crippen molar-refractivity contribution in [1.29, 1.82) is 0 Å². The standard InChI is InChI=1S/C10H13F.C9H12FN.6C9H13N.5C8H12N2.2C7H11NS/c1-10(2,3)8-6-4-5-7-9(8)11;1-9(2,3)7-4-5-11-6-8(7)10;2*1-9(2,3)8-4-6-10-7-5-8;2*1-9(2,3)8-5-4-6-10-7-8;2*1-9(2,3)8-6-4-5-7-10-8;1-8(2,3)7-4-9-6-10-5-7;1-8(2,3)7-6-9-4-5-10-7;1-8(2,3)7-4-5-9-6-10-7;1-8(2,3)7-9-5-4-6-10-7;1-8(2,3)7-5-4-6-9-10-7;1-7(2,3)6-4-8-9-5-6;1-7(2,3)6-4-5-8-9-6/h4-7H,1-3H3;4-6H,1-3H3;6*4-7H,1-3H3;5*4-6H,1-3H3;2*4-5H,1-3H3. The Morgan fingerprint density at radius 2 is 0.567 bits per heavy atom. The van der Waals surface area contributed by atoms with Crippen LogP contribution in [0.1, 0.15) is 395 Å². The molecular formula is C127H185F2N19S2. The van der Waals surface area contributed by atoms with Crippen LogP contribution in [0.25, 0.3) is 0 Å². The number of benzene rings is 1. The van der Waals surface area contributed by atoms with Crippen LogP contribution >= 0.6 is 23.1 Å². The van der Waals surface area contributed by atoms with Crippen molar-refractivity contribution in [2.45, 2.75) is 393 Å². The minimum Gasteiger partial charge on any atom is -0.265 e. The molecule has 1 aromatic carbocycles. The molecule has 0 aliphatic heterocycles. The molecule has 0 fully saturated rings. The number of hydrogen-bond donors (Lipinski definition) is 0. The molecule has 19 nitrogen and oxygen atoms in total. The van der Waals surface area contributed by atoms with Gasteiger partial charge in [0.2, 0.25) is 0 Å². The van der Waals surface area contributed by atoms with E-state index in [0.29, 0.717) is 5.56 Å². The van der Waals surface area contributed by atoms with Gasteiger partial charge < -0.3 is 0 Å². The van der Waals surface area contributed by atoms with Gasteiger partial charge in [-0.2, -0.15) is 10.2 Å². The lowest BCUT2D eigenvalue weighted by molar-refractivity contribution is 0.519. The Labute approximate surface area is 913 Å². The zero-order chi connectivity index (χ0) is 115. The molecule has 14 heterocycles.